The Hall–Kier alpha value is -2.79. The number of nitrogens with zero attached hydrogens (tertiary/aromatic N) is 3. The van der Waals surface area contributed by atoms with Crippen LogP contribution in [0.4, 0.5) is 0 Å². The van der Waals surface area contributed by atoms with Gasteiger partial charge in [-0.25, -0.2) is 0 Å². The number of ether oxygens (including phenoxy) is 1. The molecule has 1 aliphatic rings. The maximum absolute atomic E-state index is 12.2. The Morgan fingerprint density at radius 3 is 2.75 bits per heavy atom. The highest BCUT2D eigenvalue weighted by atomic mass is 16.5. The van der Waals surface area contributed by atoms with E-state index in [4.69, 9.17) is 14.4 Å². The van der Waals surface area contributed by atoms with Gasteiger partial charge in [0.1, 0.15) is 11.6 Å². The van der Waals surface area contributed by atoms with Crippen LogP contribution in [0.3, 0.4) is 0 Å². The second-order valence-corrected chi connectivity index (χ2v) is 5.21. The Morgan fingerprint density at radius 1 is 1.42 bits per heavy atom. The number of nitriles is 1. The van der Waals surface area contributed by atoms with E-state index in [1.54, 1.807) is 17.0 Å². The lowest BCUT2D eigenvalue weighted by atomic mass is 10.2. The van der Waals surface area contributed by atoms with Gasteiger partial charge in [0.15, 0.2) is 5.76 Å². The van der Waals surface area contributed by atoms with Gasteiger partial charge in [-0.1, -0.05) is 0 Å². The highest BCUT2D eigenvalue weighted by molar-refractivity contribution is 5.97. The van der Waals surface area contributed by atoms with Crippen molar-refractivity contribution in [1.82, 2.24) is 15.1 Å². The summed E-state index contributed by atoms with van der Waals surface area (Å²) in [7, 11) is 1.54. The fourth-order valence-electron chi connectivity index (χ4n) is 2.29. The summed E-state index contributed by atoms with van der Waals surface area (Å²) in [4.78, 5) is 27.6. The number of methoxy groups -OCH3 is 1. The second kappa shape index (κ2) is 8.74. The third-order valence-corrected chi connectivity index (χ3v) is 3.60. The molecule has 24 heavy (non-hydrogen) atoms. The third-order valence-electron chi connectivity index (χ3n) is 3.60. The number of hydrogen-bond acceptors (Lipinski definition) is 6. The monoisotopic (exact) mass is 332 g/mol. The van der Waals surface area contributed by atoms with Crippen LogP contribution in [0.25, 0.3) is 0 Å². The van der Waals surface area contributed by atoms with Crippen molar-refractivity contribution < 1.29 is 18.7 Å². The Balaban J connectivity index is 1.87. The highest BCUT2D eigenvalue weighted by Crippen LogP contribution is 2.10. The first-order valence-electron chi connectivity index (χ1n) is 7.61. The van der Waals surface area contributed by atoms with Crippen LogP contribution in [0.1, 0.15) is 10.6 Å². The lowest BCUT2D eigenvalue weighted by Crippen LogP contribution is -2.47. The summed E-state index contributed by atoms with van der Waals surface area (Å²) in [6.07, 6.45) is 3.00. The Morgan fingerprint density at radius 2 is 2.17 bits per heavy atom. The van der Waals surface area contributed by atoms with E-state index in [0.717, 1.165) is 0 Å². The number of furan rings is 1. The van der Waals surface area contributed by atoms with Crippen LogP contribution < -0.4 is 5.32 Å². The number of hydrogen-bond donors (Lipinski definition) is 1. The molecule has 8 heteroatoms. The van der Waals surface area contributed by atoms with Crippen LogP contribution in [-0.2, 0) is 9.53 Å². The van der Waals surface area contributed by atoms with Gasteiger partial charge < -0.3 is 24.3 Å². The predicted molar refractivity (Wildman–Crippen MR) is 84.8 cm³/mol. The van der Waals surface area contributed by atoms with Crippen molar-refractivity contribution in [3.05, 3.63) is 35.9 Å². The molecule has 0 radical (unpaired) electrons. The topological polar surface area (TPSA) is 98.8 Å². The number of piperazine rings is 1. The minimum Gasteiger partial charge on any atom is -0.459 e. The number of rotatable bonds is 6. The number of carbonyl (C=O) groups excluding carboxylic acids is 2. The summed E-state index contributed by atoms with van der Waals surface area (Å²) in [5.41, 5.74) is 0.0388. The molecule has 0 spiro atoms. The second-order valence-electron chi connectivity index (χ2n) is 5.21. The quantitative estimate of drug-likeness (QED) is 0.454. The number of amides is 2. The molecule has 0 atom stereocenters. The van der Waals surface area contributed by atoms with Gasteiger partial charge in [-0.05, 0) is 12.1 Å². The van der Waals surface area contributed by atoms with Crippen molar-refractivity contribution >= 4 is 11.8 Å². The van der Waals surface area contributed by atoms with Crippen LogP contribution >= 0.6 is 0 Å². The van der Waals surface area contributed by atoms with Crippen molar-refractivity contribution in [3.63, 3.8) is 0 Å². The molecular weight excluding hydrogens is 312 g/mol. The molecular formula is C16H20N4O4. The standard InChI is InChI=1S/C16H20N4O4/c1-23-10-4-18-15(21)13(11-17)12-19-5-7-20(8-6-19)16(22)14-3-2-9-24-14/h2-3,9,12H,4-8,10H2,1H3,(H,18,21)/b13-12-. The molecule has 2 amide bonds. The predicted octanol–water partition coefficient (Wildman–Crippen LogP) is 0.207. The van der Waals surface area contributed by atoms with Gasteiger partial charge in [0.2, 0.25) is 0 Å². The molecule has 8 nitrogen and oxygen atoms in total. The van der Waals surface area contributed by atoms with Crippen molar-refractivity contribution in [1.29, 1.82) is 5.26 Å². The van der Waals surface area contributed by atoms with Crippen molar-refractivity contribution in [2.24, 2.45) is 0 Å². The average molecular weight is 332 g/mol. The largest absolute Gasteiger partial charge is 0.459 e. The van der Waals surface area contributed by atoms with Crippen LogP contribution in [-0.4, -0.2) is 68.1 Å². The first-order valence-corrected chi connectivity index (χ1v) is 7.61. The van der Waals surface area contributed by atoms with E-state index >= 15 is 0 Å². The smallest absolute Gasteiger partial charge is 0.289 e. The van der Waals surface area contributed by atoms with Gasteiger partial charge in [0, 0.05) is 46.0 Å². The Labute approximate surface area is 140 Å². The molecule has 0 bridgehead atoms. The van der Waals surface area contributed by atoms with Gasteiger partial charge in [-0.3, -0.25) is 9.59 Å². The lowest BCUT2D eigenvalue weighted by Gasteiger charge is -2.33. The fourth-order valence-corrected chi connectivity index (χ4v) is 2.29. The number of carbonyl (C=O) groups is 2. The van der Waals surface area contributed by atoms with Crippen LogP contribution in [0.5, 0.6) is 0 Å². The van der Waals surface area contributed by atoms with E-state index < -0.39 is 5.91 Å². The molecule has 2 rings (SSSR count). The molecule has 0 unspecified atom stereocenters. The van der Waals surface area contributed by atoms with Gasteiger partial charge in [0.05, 0.1) is 12.9 Å². The molecule has 0 aliphatic carbocycles. The van der Waals surface area contributed by atoms with Gasteiger partial charge in [-0.15, -0.1) is 0 Å². The molecule has 128 valence electrons. The third kappa shape index (κ3) is 4.60. The van der Waals surface area contributed by atoms with Crippen molar-refractivity contribution in [2.45, 2.75) is 0 Å². The van der Waals surface area contributed by atoms with E-state index in [9.17, 15) is 9.59 Å². The van der Waals surface area contributed by atoms with E-state index in [1.807, 2.05) is 11.0 Å². The average Bonchev–Trinajstić information content (AvgIpc) is 3.14. The molecule has 1 fully saturated rings. The molecule has 0 saturated carbocycles. The van der Waals surface area contributed by atoms with Crippen LogP contribution in [0, 0.1) is 11.3 Å². The fraction of sp³-hybridized carbons (Fsp3) is 0.438. The summed E-state index contributed by atoms with van der Waals surface area (Å²) in [5, 5.41) is 11.7. The van der Waals surface area contributed by atoms with E-state index in [0.29, 0.717) is 45.1 Å². The molecule has 1 saturated heterocycles. The molecule has 1 N–H and O–H groups in total. The zero-order valence-electron chi connectivity index (χ0n) is 13.5. The summed E-state index contributed by atoms with van der Waals surface area (Å²) in [6.45, 7) is 2.82. The summed E-state index contributed by atoms with van der Waals surface area (Å²) >= 11 is 0. The molecule has 1 aromatic heterocycles. The molecule has 2 heterocycles. The van der Waals surface area contributed by atoms with Gasteiger partial charge in [0.25, 0.3) is 11.8 Å². The first-order chi connectivity index (χ1) is 11.7. The van der Waals surface area contributed by atoms with Crippen LogP contribution in [0.15, 0.2) is 34.6 Å². The maximum Gasteiger partial charge on any atom is 0.289 e. The molecule has 1 aliphatic heterocycles. The van der Waals surface area contributed by atoms with E-state index in [-0.39, 0.29) is 11.5 Å². The summed E-state index contributed by atoms with van der Waals surface area (Å²) in [5.74, 6) is -0.265. The van der Waals surface area contributed by atoms with Gasteiger partial charge >= 0.3 is 0 Å². The van der Waals surface area contributed by atoms with Crippen molar-refractivity contribution in [3.8, 4) is 6.07 Å². The van der Waals surface area contributed by atoms with E-state index in [1.165, 1.54) is 19.6 Å². The normalized spacial score (nSPS) is 15.1. The summed E-state index contributed by atoms with van der Waals surface area (Å²) < 4.78 is 9.96. The first kappa shape index (κ1) is 17.6. The molecule has 1 aromatic rings. The minimum atomic E-state index is -0.427. The minimum absolute atomic E-state index is 0.0388. The number of nitrogens with one attached hydrogen (secondary N) is 1. The Kier molecular flexibility index (Phi) is 6.40. The van der Waals surface area contributed by atoms with Crippen molar-refractivity contribution in [2.75, 3.05) is 46.4 Å². The van der Waals surface area contributed by atoms with Gasteiger partial charge in [-0.2, -0.15) is 5.26 Å². The highest BCUT2D eigenvalue weighted by Gasteiger charge is 2.23. The Bertz CT molecular complexity index is 625. The zero-order valence-corrected chi connectivity index (χ0v) is 13.5. The lowest BCUT2D eigenvalue weighted by molar-refractivity contribution is -0.117. The maximum atomic E-state index is 12.2. The zero-order chi connectivity index (χ0) is 17.4. The SMILES string of the molecule is COCCNC(=O)/C(C#N)=C\N1CCN(C(=O)c2ccco2)CC1. The summed E-state index contributed by atoms with van der Waals surface area (Å²) in [6, 6.07) is 5.21. The van der Waals surface area contributed by atoms with Crippen LogP contribution in [0.2, 0.25) is 0 Å². The van der Waals surface area contributed by atoms with E-state index in [2.05, 4.69) is 5.32 Å². The molecule has 0 aromatic carbocycles.